The summed E-state index contributed by atoms with van der Waals surface area (Å²) in [7, 11) is 0. The van der Waals surface area contributed by atoms with Crippen LogP contribution in [0.25, 0.3) is 0 Å². The number of carbonyl (C=O) groups is 1. The Morgan fingerprint density at radius 3 is 2.75 bits per heavy atom. The summed E-state index contributed by atoms with van der Waals surface area (Å²) < 4.78 is 5.83. The van der Waals surface area contributed by atoms with Crippen molar-refractivity contribution in [3.8, 4) is 5.75 Å². The lowest BCUT2D eigenvalue weighted by Gasteiger charge is -2.32. The average molecular weight is 274 g/mol. The molecule has 0 radical (unpaired) electrons. The van der Waals surface area contributed by atoms with E-state index in [9.17, 15) is 9.90 Å². The highest BCUT2D eigenvalue weighted by molar-refractivity contribution is 5.71. The molecule has 1 aromatic rings. The van der Waals surface area contributed by atoms with Crippen molar-refractivity contribution in [3.05, 3.63) is 29.8 Å². The number of carboxylic acid groups (broad SMARTS) is 1. The van der Waals surface area contributed by atoms with Crippen LogP contribution in [0, 0.1) is 11.8 Å². The van der Waals surface area contributed by atoms with E-state index in [1.807, 2.05) is 12.1 Å². The number of carboxylic acids is 1. The summed E-state index contributed by atoms with van der Waals surface area (Å²) in [6, 6.07) is 8.07. The molecule has 0 heterocycles. The Kier molecular flexibility index (Phi) is 3.68. The zero-order valence-corrected chi connectivity index (χ0v) is 11.9. The van der Waals surface area contributed by atoms with E-state index < -0.39 is 5.97 Å². The van der Waals surface area contributed by atoms with E-state index in [-0.39, 0.29) is 11.8 Å². The molecular formula is C17H22O3. The molecule has 3 rings (SSSR count). The third kappa shape index (κ3) is 2.97. The minimum Gasteiger partial charge on any atom is -0.490 e. The molecule has 1 N–H and O–H groups in total. The first-order chi connectivity index (χ1) is 9.63. The molecule has 2 saturated carbocycles. The van der Waals surface area contributed by atoms with E-state index in [1.165, 1.54) is 0 Å². The molecule has 3 heteroatoms. The SMILES string of the molecule is CC1CCC(C(=O)O)C(c2cccc(OC3CC3)c2)C1. The molecule has 3 nitrogen and oxygen atoms in total. The van der Waals surface area contributed by atoms with Gasteiger partial charge in [-0.15, -0.1) is 0 Å². The highest BCUT2D eigenvalue weighted by Crippen LogP contribution is 2.41. The van der Waals surface area contributed by atoms with Crippen LogP contribution in [0.5, 0.6) is 5.75 Å². The maximum Gasteiger partial charge on any atom is 0.307 e. The maximum absolute atomic E-state index is 11.5. The topological polar surface area (TPSA) is 46.5 Å². The van der Waals surface area contributed by atoms with Gasteiger partial charge in [0.05, 0.1) is 12.0 Å². The van der Waals surface area contributed by atoms with Gasteiger partial charge in [-0.1, -0.05) is 19.1 Å². The molecule has 108 valence electrons. The van der Waals surface area contributed by atoms with E-state index in [1.54, 1.807) is 0 Å². The normalized spacial score (nSPS) is 29.9. The summed E-state index contributed by atoms with van der Waals surface area (Å²) in [5, 5.41) is 9.45. The number of rotatable bonds is 4. The monoisotopic (exact) mass is 274 g/mol. The fourth-order valence-corrected chi connectivity index (χ4v) is 3.24. The quantitative estimate of drug-likeness (QED) is 0.907. The third-order valence-corrected chi connectivity index (χ3v) is 4.54. The lowest BCUT2D eigenvalue weighted by molar-refractivity contribution is -0.143. The smallest absolute Gasteiger partial charge is 0.307 e. The van der Waals surface area contributed by atoms with Gasteiger partial charge in [0.2, 0.25) is 0 Å². The predicted molar refractivity (Wildman–Crippen MR) is 77.0 cm³/mol. The zero-order valence-electron chi connectivity index (χ0n) is 11.9. The molecule has 20 heavy (non-hydrogen) atoms. The Balaban J connectivity index is 1.82. The largest absolute Gasteiger partial charge is 0.490 e. The van der Waals surface area contributed by atoms with E-state index >= 15 is 0 Å². The molecule has 0 aromatic heterocycles. The lowest BCUT2D eigenvalue weighted by atomic mass is 9.71. The molecular weight excluding hydrogens is 252 g/mol. The van der Waals surface area contributed by atoms with E-state index in [2.05, 4.69) is 19.1 Å². The van der Waals surface area contributed by atoms with Crippen LogP contribution in [0.3, 0.4) is 0 Å². The van der Waals surface area contributed by atoms with Crippen molar-refractivity contribution < 1.29 is 14.6 Å². The van der Waals surface area contributed by atoms with Crippen molar-refractivity contribution in [2.75, 3.05) is 0 Å². The van der Waals surface area contributed by atoms with Crippen LogP contribution in [-0.2, 0) is 4.79 Å². The van der Waals surface area contributed by atoms with Gasteiger partial charge in [-0.3, -0.25) is 4.79 Å². The number of hydrogen-bond acceptors (Lipinski definition) is 2. The van der Waals surface area contributed by atoms with Crippen LogP contribution >= 0.6 is 0 Å². The molecule has 2 aliphatic rings. The van der Waals surface area contributed by atoms with Gasteiger partial charge >= 0.3 is 5.97 Å². The van der Waals surface area contributed by atoms with Crippen LogP contribution < -0.4 is 4.74 Å². The van der Waals surface area contributed by atoms with Gasteiger partial charge in [-0.2, -0.15) is 0 Å². The molecule has 0 amide bonds. The van der Waals surface area contributed by atoms with Crippen LogP contribution in [0.4, 0.5) is 0 Å². The van der Waals surface area contributed by atoms with Gasteiger partial charge in [0, 0.05) is 0 Å². The van der Waals surface area contributed by atoms with E-state index in [0.717, 1.165) is 43.4 Å². The summed E-state index contributed by atoms with van der Waals surface area (Å²) >= 11 is 0. The van der Waals surface area contributed by atoms with Crippen molar-refractivity contribution in [1.82, 2.24) is 0 Å². The van der Waals surface area contributed by atoms with E-state index in [0.29, 0.717) is 12.0 Å². The number of ether oxygens (including phenoxy) is 1. The first-order valence-corrected chi connectivity index (χ1v) is 7.63. The first-order valence-electron chi connectivity index (χ1n) is 7.63. The van der Waals surface area contributed by atoms with Gasteiger partial charge in [0.1, 0.15) is 5.75 Å². The molecule has 2 fully saturated rings. The minimum atomic E-state index is -0.657. The van der Waals surface area contributed by atoms with E-state index in [4.69, 9.17) is 4.74 Å². The Labute approximate surface area is 120 Å². The molecule has 0 spiro atoms. The van der Waals surface area contributed by atoms with Crippen molar-refractivity contribution >= 4 is 5.97 Å². The van der Waals surface area contributed by atoms with Gasteiger partial charge in [-0.05, 0) is 61.6 Å². The van der Waals surface area contributed by atoms with Crippen molar-refractivity contribution in [3.63, 3.8) is 0 Å². The molecule has 0 saturated heterocycles. The second-order valence-corrected chi connectivity index (χ2v) is 6.36. The van der Waals surface area contributed by atoms with Crippen molar-refractivity contribution in [2.45, 2.75) is 51.0 Å². The number of benzene rings is 1. The maximum atomic E-state index is 11.5. The number of aliphatic carboxylic acids is 1. The zero-order chi connectivity index (χ0) is 14.1. The van der Waals surface area contributed by atoms with Gasteiger partial charge in [-0.25, -0.2) is 0 Å². The summed E-state index contributed by atoms with van der Waals surface area (Å²) in [5.41, 5.74) is 1.13. The predicted octanol–water partition coefficient (Wildman–Crippen LogP) is 3.83. The van der Waals surface area contributed by atoms with Crippen LogP contribution in [0.1, 0.15) is 50.5 Å². The highest BCUT2D eigenvalue weighted by atomic mass is 16.5. The Hall–Kier alpha value is -1.51. The van der Waals surface area contributed by atoms with Crippen LogP contribution in [0.2, 0.25) is 0 Å². The average Bonchev–Trinajstić information content (AvgIpc) is 3.22. The van der Waals surface area contributed by atoms with Gasteiger partial charge in [0.15, 0.2) is 0 Å². The standard InChI is InChI=1S/C17H22O3/c1-11-5-8-15(17(18)19)16(9-11)12-3-2-4-14(10-12)20-13-6-7-13/h2-4,10-11,13,15-16H,5-9H2,1H3,(H,18,19). The summed E-state index contributed by atoms with van der Waals surface area (Å²) in [5.74, 6) is 0.716. The number of hydrogen-bond donors (Lipinski definition) is 1. The van der Waals surface area contributed by atoms with Crippen molar-refractivity contribution in [2.24, 2.45) is 11.8 Å². The Morgan fingerprint density at radius 1 is 1.25 bits per heavy atom. The molecule has 3 unspecified atom stereocenters. The highest BCUT2D eigenvalue weighted by Gasteiger charge is 2.34. The van der Waals surface area contributed by atoms with Gasteiger partial charge in [0.25, 0.3) is 0 Å². The molecule has 2 aliphatic carbocycles. The van der Waals surface area contributed by atoms with Crippen LogP contribution in [0.15, 0.2) is 24.3 Å². The second-order valence-electron chi connectivity index (χ2n) is 6.36. The van der Waals surface area contributed by atoms with Gasteiger partial charge < -0.3 is 9.84 Å². The Morgan fingerprint density at radius 2 is 2.05 bits per heavy atom. The fourth-order valence-electron chi connectivity index (χ4n) is 3.24. The Bertz CT molecular complexity index is 493. The minimum absolute atomic E-state index is 0.124. The first kappa shape index (κ1) is 13.5. The summed E-state index contributed by atoms with van der Waals surface area (Å²) in [4.78, 5) is 11.5. The van der Waals surface area contributed by atoms with Crippen molar-refractivity contribution in [1.29, 1.82) is 0 Å². The fraction of sp³-hybridized carbons (Fsp3) is 0.588. The summed E-state index contributed by atoms with van der Waals surface area (Å²) in [6.07, 6.45) is 5.43. The molecule has 3 atom stereocenters. The third-order valence-electron chi connectivity index (χ3n) is 4.54. The molecule has 1 aromatic carbocycles. The second kappa shape index (κ2) is 5.47. The molecule has 0 bridgehead atoms. The molecule has 0 aliphatic heterocycles. The van der Waals surface area contributed by atoms with Crippen LogP contribution in [-0.4, -0.2) is 17.2 Å². The summed E-state index contributed by atoms with van der Waals surface area (Å²) in [6.45, 7) is 2.22. The lowest BCUT2D eigenvalue weighted by Crippen LogP contribution is -2.28.